The molecule has 6 nitrogen and oxygen atoms in total. The summed E-state index contributed by atoms with van der Waals surface area (Å²) in [5, 5.41) is 4.21. The molecule has 1 amide bonds. The van der Waals surface area contributed by atoms with E-state index in [1.807, 2.05) is 31.3 Å². The van der Waals surface area contributed by atoms with Crippen LogP contribution < -0.4 is 0 Å². The molecule has 0 radical (unpaired) electrons. The van der Waals surface area contributed by atoms with Crippen molar-refractivity contribution in [2.75, 3.05) is 33.2 Å². The minimum absolute atomic E-state index is 0.0124. The summed E-state index contributed by atoms with van der Waals surface area (Å²) in [6.45, 7) is 7.78. The Morgan fingerprint density at radius 3 is 2.47 bits per heavy atom. The van der Waals surface area contributed by atoms with Crippen LogP contribution in [0.5, 0.6) is 0 Å². The third kappa shape index (κ3) is 6.40. The molecule has 1 aliphatic heterocycles. The van der Waals surface area contributed by atoms with E-state index < -0.39 is 0 Å². The van der Waals surface area contributed by atoms with Crippen LogP contribution >= 0.6 is 22.9 Å². The van der Waals surface area contributed by atoms with E-state index in [9.17, 15) is 9.59 Å². The molecule has 32 heavy (non-hydrogen) atoms. The molecular formula is C24H30ClN3O3S. The van der Waals surface area contributed by atoms with Gasteiger partial charge in [-0.05, 0) is 49.3 Å². The fraction of sp³-hybridized carbons (Fsp3) is 0.458. The minimum atomic E-state index is -0.114. The van der Waals surface area contributed by atoms with E-state index in [0.717, 1.165) is 30.9 Å². The highest BCUT2D eigenvalue weighted by molar-refractivity contribution is 7.18. The molecule has 0 aliphatic carbocycles. The third-order valence-corrected chi connectivity index (χ3v) is 7.00. The number of ketones is 1. The van der Waals surface area contributed by atoms with E-state index in [4.69, 9.17) is 16.4 Å². The van der Waals surface area contributed by atoms with Crippen molar-refractivity contribution in [2.24, 2.45) is 5.16 Å². The van der Waals surface area contributed by atoms with Crippen molar-refractivity contribution in [3.63, 3.8) is 0 Å². The van der Waals surface area contributed by atoms with Crippen LogP contribution in [0.4, 0.5) is 0 Å². The Labute approximate surface area is 198 Å². The van der Waals surface area contributed by atoms with Crippen LogP contribution in [-0.4, -0.2) is 66.5 Å². The first-order valence-electron chi connectivity index (χ1n) is 11.0. The monoisotopic (exact) mass is 475 g/mol. The van der Waals surface area contributed by atoms with Crippen LogP contribution in [0.3, 0.4) is 0 Å². The third-order valence-electron chi connectivity index (χ3n) is 5.73. The van der Waals surface area contributed by atoms with E-state index >= 15 is 0 Å². The second-order valence-corrected chi connectivity index (χ2v) is 9.58. The Hall–Kier alpha value is -2.22. The van der Waals surface area contributed by atoms with Crippen molar-refractivity contribution < 1.29 is 14.4 Å². The van der Waals surface area contributed by atoms with Gasteiger partial charge in [-0.2, -0.15) is 0 Å². The van der Waals surface area contributed by atoms with Gasteiger partial charge in [0.2, 0.25) is 0 Å². The molecule has 1 atom stereocenters. The van der Waals surface area contributed by atoms with E-state index in [1.165, 1.54) is 11.3 Å². The lowest BCUT2D eigenvalue weighted by Gasteiger charge is -2.23. The quantitative estimate of drug-likeness (QED) is 0.430. The first kappa shape index (κ1) is 24.4. The van der Waals surface area contributed by atoms with Crippen molar-refractivity contribution in [2.45, 2.75) is 39.2 Å². The maximum atomic E-state index is 12.7. The van der Waals surface area contributed by atoms with Gasteiger partial charge in [-0.3, -0.25) is 9.59 Å². The summed E-state index contributed by atoms with van der Waals surface area (Å²) < 4.78 is 0.619. The number of hydrogen-bond acceptors (Lipinski definition) is 6. The lowest BCUT2D eigenvalue weighted by molar-refractivity contribution is 0.0720. The predicted molar refractivity (Wildman–Crippen MR) is 130 cm³/mol. The van der Waals surface area contributed by atoms with Crippen molar-refractivity contribution in [3.8, 4) is 0 Å². The van der Waals surface area contributed by atoms with Crippen LogP contribution in [0.1, 0.15) is 58.7 Å². The van der Waals surface area contributed by atoms with Gasteiger partial charge in [0, 0.05) is 38.5 Å². The highest BCUT2D eigenvalue weighted by Gasteiger charge is 2.24. The SMILES string of the molecule is CCN(CC)CCN(C)C(=O)c1ccc(C2=NOC(CCC(=O)c3ccc(Cl)s3)C2)cc1. The molecule has 0 N–H and O–H groups in total. The molecule has 1 aromatic heterocycles. The highest BCUT2D eigenvalue weighted by Crippen LogP contribution is 2.25. The average Bonchev–Trinajstić information content (AvgIpc) is 3.47. The number of carbonyl (C=O) groups is 2. The molecule has 172 valence electrons. The summed E-state index contributed by atoms with van der Waals surface area (Å²) in [4.78, 5) is 35.2. The van der Waals surface area contributed by atoms with E-state index in [-0.39, 0.29) is 17.8 Å². The Morgan fingerprint density at radius 1 is 1.12 bits per heavy atom. The van der Waals surface area contributed by atoms with Crippen LogP contribution in [-0.2, 0) is 4.84 Å². The molecule has 2 heterocycles. The van der Waals surface area contributed by atoms with Crippen molar-refractivity contribution >= 4 is 40.3 Å². The molecule has 2 aromatic rings. The van der Waals surface area contributed by atoms with Gasteiger partial charge in [-0.25, -0.2) is 0 Å². The lowest BCUT2D eigenvalue weighted by atomic mass is 10.00. The molecule has 1 aliphatic rings. The van der Waals surface area contributed by atoms with Crippen LogP contribution in [0.25, 0.3) is 0 Å². The average molecular weight is 476 g/mol. The number of halogens is 1. The largest absolute Gasteiger partial charge is 0.392 e. The van der Waals surface area contributed by atoms with Crippen molar-refractivity contribution in [3.05, 3.63) is 56.7 Å². The normalized spacial score (nSPS) is 15.5. The molecular weight excluding hydrogens is 446 g/mol. The molecule has 1 unspecified atom stereocenters. The number of likely N-dealkylation sites (N-methyl/N-ethyl adjacent to an activating group) is 2. The zero-order chi connectivity index (χ0) is 23.1. The minimum Gasteiger partial charge on any atom is -0.392 e. The number of hydrogen-bond donors (Lipinski definition) is 0. The molecule has 0 spiro atoms. The molecule has 3 rings (SSSR count). The van der Waals surface area contributed by atoms with Gasteiger partial charge in [0.1, 0.15) is 6.10 Å². The Bertz CT molecular complexity index is 954. The zero-order valence-corrected chi connectivity index (χ0v) is 20.4. The first-order valence-corrected chi connectivity index (χ1v) is 12.2. The number of nitrogens with zero attached hydrogens (tertiary/aromatic N) is 3. The second-order valence-electron chi connectivity index (χ2n) is 7.87. The maximum absolute atomic E-state index is 12.7. The number of amides is 1. The lowest BCUT2D eigenvalue weighted by Crippen LogP contribution is -2.36. The predicted octanol–water partition coefficient (Wildman–Crippen LogP) is 4.97. The van der Waals surface area contributed by atoms with Crippen LogP contribution in [0.15, 0.2) is 41.6 Å². The number of thiophene rings is 1. The maximum Gasteiger partial charge on any atom is 0.253 e. The summed E-state index contributed by atoms with van der Waals surface area (Å²) in [7, 11) is 1.84. The molecule has 8 heteroatoms. The topological polar surface area (TPSA) is 62.2 Å². The summed E-state index contributed by atoms with van der Waals surface area (Å²) in [6.07, 6.45) is 1.54. The molecule has 0 saturated heterocycles. The van der Waals surface area contributed by atoms with Crippen LogP contribution in [0.2, 0.25) is 4.34 Å². The Kier molecular flexibility index (Phi) is 8.84. The Morgan fingerprint density at radius 2 is 1.84 bits per heavy atom. The number of rotatable bonds is 11. The number of Topliss-reactive ketones (excluding diaryl/α,β-unsaturated/α-hetero) is 1. The fourth-order valence-electron chi connectivity index (χ4n) is 3.59. The van der Waals surface area contributed by atoms with Crippen molar-refractivity contribution in [1.82, 2.24) is 9.80 Å². The van der Waals surface area contributed by atoms with Crippen molar-refractivity contribution in [1.29, 1.82) is 0 Å². The molecule has 0 saturated carbocycles. The highest BCUT2D eigenvalue weighted by atomic mass is 35.5. The van der Waals surface area contributed by atoms with E-state index in [2.05, 4.69) is 23.9 Å². The number of oxime groups is 1. The standard InChI is InChI=1S/C24H30ClN3O3S/c1-4-28(5-2)15-14-27(3)24(30)18-8-6-17(7-9-18)20-16-19(31-26-20)10-11-21(29)22-12-13-23(25)32-22/h6-9,12-13,19H,4-5,10-11,14-16H2,1-3H3. The van der Waals surface area contributed by atoms with Gasteiger partial charge in [0.15, 0.2) is 5.78 Å². The van der Waals surface area contributed by atoms with Gasteiger partial charge in [0.25, 0.3) is 5.91 Å². The zero-order valence-electron chi connectivity index (χ0n) is 18.8. The molecule has 0 fully saturated rings. The summed E-state index contributed by atoms with van der Waals surface area (Å²) in [5.41, 5.74) is 2.44. The Balaban J connectivity index is 1.48. The second kappa shape index (κ2) is 11.6. The summed E-state index contributed by atoms with van der Waals surface area (Å²) in [6, 6.07) is 11.0. The number of carbonyl (C=O) groups excluding carboxylic acids is 2. The van der Waals surface area contributed by atoms with Crippen LogP contribution in [0, 0.1) is 0 Å². The van der Waals surface area contributed by atoms with E-state index in [1.54, 1.807) is 17.0 Å². The van der Waals surface area contributed by atoms with Gasteiger partial charge < -0.3 is 14.6 Å². The van der Waals surface area contributed by atoms with Gasteiger partial charge in [0.05, 0.1) is 14.9 Å². The van der Waals surface area contributed by atoms with Gasteiger partial charge in [-0.1, -0.05) is 42.7 Å². The smallest absolute Gasteiger partial charge is 0.253 e. The summed E-state index contributed by atoms with van der Waals surface area (Å²) >= 11 is 7.21. The first-order chi connectivity index (χ1) is 15.4. The molecule has 0 bridgehead atoms. The number of benzene rings is 1. The summed E-state index contributed by atoms with van der Waals surface area (Å²) in [5.74, 6) is 0.0883. The van der Waals surface area contributed by atoms with Gasteiger partial charge in [-0.15, -0.1) is 11.3 Å². The fourth-order valence-corrected chi connectivity index (χ4v) is 4.60. The molecule has 1 aromatic carbocycles. The van der Waals surface area contributed by atoms with Gasteiger partial charge >= 0.3 is 0 Å². The van der Waals surface area contributed by atoms with E-state index in [0.29, 0.717) is 40.6 Å².